The van der Waals surface area contributed by atoms with Gasteiger partial charge in [0.25, 0.3) is 0 Å². The van der Waals surface area contributed by atoms with Gasteiger partial charge in [-0.1, -0.05) is 23.7 Å². The number of hydrogen-bond donors (Lipinski definition) is 3. The molecule has 110 valence electrons. The van der Waals surface area contributed by atoms with Gasteiger partial charge >= 0.3 is 0 Å². The van der Waals surface area contributed by atoms with Gasteiger partial charge in [0.2, 0.25) is 5.91 Å². The molecule has 1 aliphatic rings. The zero-order valence-electron chi connectivity index (χ0n) is 11.1. The first kappa shape index (κ1) is 15.3. The van der Waals surface area contributed by atoms with Crippen molar-refractivity contribution < 1.29 is 14.6 Å². The molecule has 1 amide bonds. The van der Waals surface area contributed by atoms with Gasteiger partial charge in [0.1, 0.15) is 6.10 Å². The van der Waals surface area contributed by atoms with Gasteiger partial charge in [0.15, 0.2) is 0 Å². The number of ether oxygens (including phenoxy) is 1. The fourth-order valence-electron chi connectivity index (χ4n) is 2.19. The molecular weight excluding hydrogens is 280 g/mol. The highest BCUT2D eigenvalue weighted by molar-refractivity contribution is 6.30. The maximum atomic E-state index is 11.9. The number of halogens is 1. The van der Waals surface area contributed by atoms with Crippen molar-refractivity contribution >= 4 is 17.5 Å². The molecule has 1 aliphatic heterocycles. The van der Waals surface area contributed by atoms with Crippen molar-refractivity contribution in [1.29, 1.82) is 0 Å². The van der Waals surface area contributed by atoms with E-state index >= 15 is 0 Å². The second kappa shape index (κ2) is 7.04. The number of carbonyl (C=O) groups is 1. The highest BCUT2D eigenvalue weighted by Gasteiger charge is 2.29. The van der Waals surface area contributed by atoms with Crippen molar-refractivity contribution in [3.05, 3.63) is 34.9 Å². The Hall–Kier alpha value is -1.14. The van der Waals surface area contributed by atoms with Crippen LogP contribution in [-0.4, -0.2) is 36.3 Å². The predicted molar refractivity (Wildman–Crippen MR) is 76.4 cm³/mol. The summed E-state index contributed by atoms with van der Waals surface area (Å²) in [5, 5.41) is 13.3. The summed E-state index contributed by atoms with van der Waals surface area (Å²) < 4.78 is 5.49. The Kier molecular flexibility index (Phi) is 5.37. The number of aliphatic hydroxyl groups is 1. The summed E-state index contributed by atoms with van der Waals surface area (Å²) in [6, 6.07) is 6.87. The van der Waals surface area contributed by atoms with E-state index < -0.39 is 12.2 Å². The smallest absolute Gasteiger partial charge is 0.249 e. The summed E-state index contributed by atoms with van der Waals surface area (Å²) in [6.07, 6.45) is 0.217. The molecule has 1 aromatic carbocycles. The Balaban J connectivity index is 1.80. The van der Waals surface area contributed by atoms with E-state index in [9.17, 15) is 9.90 Å². The average molecular weight is 299 g/mol. The Morgan fingerprint density at radius 2 is 2.15 bits per heavy atom. The summed E-state index contributed by atoms with van der Waals surface area (Å²) in [4.78, 5) is 11.9. The number of carbonyl (C=O) groups excluding carboxylic acids is 1. The maximum Gasteiger partial charge on any atom is 0.249 e. The molecule has 0 aromatic heterocycles. The summed E-state index contributed by atoms with van der Waals surface area (Å²) in [6.45, 7) is 0.574. The van der Waals surface area contributed by atoms with Gasteiger partial charge in [-0.15, -0.1) is 0 Å². The average Bonchev–Trinajstić information content (AvgIpc) is 2.94. The monoisotopic (exact) mass is 298 g/mol. The lowest BCUT2D eigenvalue weighted by Crippen LogP contribution is -2.37. The first-order valence-electron chi connectivity index (χ1n) is 6.67. The van der Waals surface area contributed by atoms with E-state index in [1.54, 1.807) is 24.3 Å². The molecule has 0 radical (unpaired) electrons. The minimum atomic E-state index is -0.761. The minimum absolute atomic E-state index is 0.0352. The zero-order chi connectivity index (χ0) is 14.5. The molecule has 1 fully saturated rings. The number of benzene rings is 1. The molecule has 0 saturated carbocycles. The van der Waals surface area contributed by atoms with Crippen LogP contribution in [0.4, 0.5) is 0 Å². The van der Waals surface area contributed by atoms with E-state index in [2.05, 4.69) is 5.32 Å². The third-order valence-corrected chi connectivity index (χ3v) is 3.64. The quantitative estimate of drug-likeness (QED) is 0.757. The van der Waals surface area contributed by atoms with Crippen molar-refractivity contribution in [2.75, 3.05) is 13.1 Å². The van der Waals surface area contributed by atoms with E-state index in [1.165, 1.54) is 0 Å². The molecule has 6 heteroatoms. The Morgan fingerprint density at radius 1 is 1.45 bits per heavy atom. The number of nitrogens with two attached hydrogens (primary N) is 1. The minimum Gasteiger partial charge on any atom is -0.387 e. The number of aliphatic hydroxyl groups excluding tert-OH is 1. The molecule has 4 N–H and O–H groups in total. The Labute approximate surface area is 123 Å². The van der Waals surface area contributed by atoms with Gasteiger partial charge in [-0.2, -0.15) is 0 Å². The van der Waals surface area contributed by atoms with Gasteiger partial charge < -0.3 is 20.9 Å². The molecule has 1 heterocycles. The van der Waals surface area contributed by atoms with Crippen LogP contribution in [0.5, 0.6) is 0 Å². The van der Waals surface area contributed by atoms with Crippen LogP contribution in [0.1, 0.15) is 24.5 Å². The topological polar surface area (TPSA) is 84.6 Å². The number of amides is 1. The fraction of sp³-hybridized carbons (Fsp3) is 0.500. The number of nitrogens with one attached hydrogen (secondary N) is 1. The van der Waals surface area contributed by atoms with E-state index in [4.69, 9.17) is 22.1 Å². The van der Waals surface area contributed by atoms with Gasteiger partial charge in [0.05, 0.1) is 12.2 Å². The molecule has 0 aliphatic carbocycles. The predicted octanol–water partition coefficient (Wildman–Crippen LogP) is 0.996. The number of rotatable bonds is 5. The van der Waals surface area contributed by atoms with Crippen LogP contribution in [0.2, 0.25) is 5.02 Å². The summed E-state index contributed by atoms with van der Waals surface area (Å²) in [5.41, 5.74) is 6.21. The first-order valence-corrected chi connectivity index (χ1v) is 7.04. The van der Waals surface area contributed by atoms with E-state index in [0.717, 1.165) is 6.42 Å². The second-order valence-electron chi connectivity index (χ2n) is 4.87. The lowest BCUT2D eigenvalue weighted by atomic mass is 10.1. The van der Waals surface area contributed by atoms with E-state index in [1.807, 2.05) is 0 Å². The zero-order valence-corrected chi connectivity index (χ0v) is 11.8. The fourth-order valence-corrected chi connectivity index (χ4v) is 2.31. The van der Waals surface area contributed by atoms with Crippen LogP contribution in [0.25, 0.3) is 0 Å². The standard InChI is InChI=1S/C14H19ClN2O3/c15-10-3-1-9(2-4-10)12(18)8-17-14(19)13-6-5-11(7-16)20-13/h1-4,11-13,18H,5-8,16H2,(H,17,19)/t11-,12?,13+/m1/s1. The third-order valence-electron chi connectivity index (χ3n) is 3.39. The molecule has 1 saturated heterocycles. The van der Waals surface area contributed by atoms with Gasteiger partial charge in [-0.3, -0.25) is 4.79 Å². The van der Waals surface area contributed by atoms with Crippen molar-refractivity contribution in [1.82, 2.24) is 5.32 Å². The molecule has 0 spiro atoms. The summed E-state index contributed by atoms with van der Waals surface area (Å²) in [5.74, 6) is -0.200. The van der Waals surface area contributed by atoms with Crippen LogP contribution < -0.4 is 11.1 Å². The largest absolute Gasteiger partial charge is 0.387 e. The molecular formula is C14H19ClN2O3. The molecule has 1 aromatic rings. The molecule has 0 bridgehead atoms. The van der Waals surface area contributed by atoms with Crippen molar-refractivity contribution in [3.63, 3.8) is 0 Å². The lowest BCUT2D eigenvalue weighted by Gasteiger charge is -2.15. The van der Waals surface area contributed by atoms with Crippen molar-refractivity contribution in [2.45, 2.75) is 31.2 Å². The maximum absolute atomic E-state index is 11.9. The molecule has 5 nitrogen and oxygen atoms in total. The van der Waals surface area contributed by atoms with Crippen LogP contribution in [0.3, 0.4) is 0 Å². The first-order chi connectivity index (χ1) is 9.60. The summed E-state index contributed by atoms with van der Waals surface area (Å²) >= 11 is 5.78. The summed E-state index contributed by atoms with van der Waals surface area (Å²) in [7, 11) is 0. The highest BCUT2D eigenvalue weighted by atomic mass is 35.5. The third kappa shape index (κ3) is 3.93. The number of hydrogen-bond acceptors (Lipinski definition) is 4. The van der Waals surface area contributed by atoms with E-state index in [-0.39, 0.29) is 18.6 Å². The van der Waals surface area contributed by atoms with Crippen molar-refractivity contribution in [3.8, 4) is 0 Å². The van der Waals surface area contributed by atoms with Crippen LogP contribution in [-0.2, 0) is 9.53 Å². The van der Waals surface area contributed by atoms with E-state index in [0.29, 0.717) is 23.6 Å². The SMILES string of the molecule is NC[C@H]1CC[C@@H](C(=O)NCC(O)c2ccc(Cl)cc2)O1. The van der Waals surface area contributed by atoms with Gasteiger partial charge in [0, 0.05) is 18.1 Å². The molecule has 3 atom stereocenters. The van der Waals surface area contributed by atoms with Gasteiger partial charge in [-0.05, 0) is 30.5 Å². The highest BCUT2D eigenvalue weighted by Crippen LogP contribution is 2.19. The van der Waals surface area contributed by atoms with Crippen LogP contribution in [0.15, 0.2) is 24.3 Å². The molecule has 1 unspecified atom stereocenters. The molecule has 20 heavy (non-hydrogen) atoms. The Morgan fingerprint density at radius 3 is 2.75 bits per heavy atom. The van der Waals surface area contributed by atoms with Crippen molar-refractivity contribution in [2.24, 2.45) is 5.73 Å². The van der Waals surface area contributed by atoms with Crippen LogP contribution in [0, 0.1) is 0 Å². The Bertz CT molecular complexity index is 452. The van der Waals surface area contributed by atoms with Crippen LogP contribution >= 0.6 is 11.6 Å². The lowest BCUT2D eigenvalue weighted by molar-refractivity contribution is -0.132. The second-order valence-corrected chi connectivity index (χ2v) is 5.31. The van der Waals surface area contributed by atoms with Gasteiger partial charge in [-0.25, -0.2) is 0 Å². The normalized spacial score (nSPS) is 23.6. The molecule has 2 rings (SSSR count).